The summed E-state index contributed by atoms with van der Waals surface area (Å²) in [4.78, 5) is 6.68. The Labute approximate surface area is 108 Å². The third-order valence-corrected chi connectivity index (χ3v) is 3.67. The summed E-state index contributed by atoms with van der Waals surface area (Å²) in [5, 5.41) is 4.33. The number of halogens is 1. The van der Waals surface area contributed by atoms with Crippen molar-refractivity contribution in [2.24, 2.45) is 0 Å². The highest BCUT2D eigenvalue weighted by molar-refractivity contribution is 9.10. The largest absolute Gasteiger partial charge is 0.360 e. The van der Waals surface area contributed by atoms with E-state index >= 15 is 0 Å². The van der Waals surface area contributed by atoms with Crippen molar-refractivity contribution < 1.29 is 0 Å². The molecule has 0 saturated heterocycles. The van der Waals surface area contributed by atoms with E-state index in [-0.39, 0.29) is 0 Å². The topological polar surface area (TPSA) is 28.2 Å². The molecule has 0 fully saturated rings. The molecule has 1 aromatic heterocycles. The van der Waals surface area contributed by atoms with Crippen molar-refractivity contribution in [3.63, 3.8) is 0 Å². The molecule has 5 heteroatoms. The molecule has 1 N–H and O–H groups in total. The van der Waals surface area contributed by atoms with Gasteiger partial charge in [0.1, 0.15) is 0 Å². The number of nitrogens with one attached hydrogen (secondary N) is 1. The van der Waals surface area contributed by atoms with Gasteiger partial charge in [0.15, 0.2) is 5.13 Å². The molecular weight excluding hydrogens is 286 g/mol. The van der Waals surface area contributed by atoms with E-state index < -0.39 is 0 Å². The zero-order valence-corrected chi connectivity index (χ0v) is 11.7. The van der Waals surface area contributed by atoms with Gasteiger partial charge in [-0.2, -0.15) is 0 Å². The minimum absolute atomic E-state index is 0.925. The number of nitrogens with zero attached hydrogens (tertiary/aromatic N) is 2. The standard InChI is InChI=1S/C11H14BrN3S/c1-15(2)6-5-13-11-14-9-7-8(12)3-4-10(9)16-11/h3-4,7H,5-6H2,1-2H3,(H,13,14). The molecule has 0 saturated carbocycles. The van der Waals surface area contributed by atoms with Gasteiger partial charge in [0.2, 0.25) is 0 Å². The van der Waals surface area contributed by atoms with Crippen LogP contribution in [0, 0.1) is 0 Å². The number of fused-ring (bicyclic) bond motifs is 1. The third-order valence-electron chi connectivity index (χ3n) is 2.18. The molecule has 2 aromatic rings. The number of hydrogen-bond acceptors (Lipinski definition) is 4. The Hall–Kier alpha value is -0.650. The summed E-state index contributed by atoms with van der Waals surface area (Å²) in [6.07, 6.45) is 0. The van der Waals surface area contributed by atoms with E-state index in [0.717, 1.165) is 28.2 Å². The maximum atomic E-state index is 4.53. The molecule has 1 aromatic carbocycles. The lowest BCUT2D eigenvalue weighted by molar-refractivity contribution is 0.425. The molecule has 0 bridgehead atoms. The van der Waals surface area contributed by atoms with Crippen LogP contribution in [0.4, 0.5) is 5.13 Å². The summed E-state index contributed by atoms with van der Waals surface area (Å²) in [6.45, 7) is 1.94. The molecule has 0 aliphatic rings. The van der Waals surface area contributed by atoms with Crippen LogP contribution in [0.2, 0.25) is 0 Å². The molecule has 2 rings (SSSR count). The predicted octanol–water partition coefficient (Wildman–Crippen LogP) is 3.03. The van der Waals surface area contributed by atoms with E-state index in [1.807, 2.05) is 12.1 Å². The highest BCUT2D eigenvalue weighted by atomic mass is 79.9. The first kappa shape index (κ1) is 11.8. The van der Waals surface area contributed by atoms with E-state index in [9.17, 15) is 0 Å². The summed E-state index contributed by atoms with van der Waals surface area (Å²) in [5.41, 5.74) is 1.05. The Morgan fingerprint density at radius 2 is 2.25 bits per heavy atom. The van der Waals surface area contributed by atoms with Crippen molar-refractivity contribution in [1.82, 2.24) is 9.88 Å². The van der Waals surface area contributed by atoms with Crippen molar-refractivity contribution in [1.29, 1.82) is 0 Å². The maximum absolute atomic E-state index is 4.53. The van der Waals surface area contributed by atoms with E-state index in [4.69, 9.17) is 0 Å². The molecule has 0 aliphatic heterocycles. The van der Waals surface area contributed by atoms with Crippen LogP contribution in [0.25, 0.3) is 10.2 Å². The number of hydrogen-bond donors (Lipinski definition) is 1. The maximum Gasteiger partial charge on any atom is 0.183 e. The van der Waals surface area contributed by atoms with Crippen molar-refractivity contribution in [3.8, 4) is 0 Å². The fourth-order valence-corrected chi connectivity index (χ4v) is 2.58. The van der Waals surface area contributed by atoms with Gasteiger partial charge in [0.05, 0.1) is 10.2 Å². The highest BCUT2D eigenvalue weighted by Crippen LogP contribution is 2.27. The Morgan fingerprint density at radius 1 is 1.44 bits per heavy atom. The van der Waals surface area contributed by atoms with Gasteiger partial charge < -0.3 is 10.2 Å². The van der Waals surface area contributed by atoms with E-state index in [0.29, 0.717) is 0 Å². The van der Waals surface area contributed by atoms with Gasteiger partial charge in [-0.05, 0) is 32.3 Å². The third kappa shape index (κ3) is 2.93. The smallest absolute Gasteiger partial charge is 0.183 e. The van der Waals surface area contributed by atoms with Crippen molar-refractivity contribution in [2.75, 3.05) is 32.5 Å². The van der Waals surface area contributed by atoms with Gasteiger partial charge in [-0.25, -0.2) is 4.98 Å². The summed E-state index contributed by atoms with van der Waals surface area (Å²) in [5.74, 6) is 0. The van der Waals surface area contributed by atoms with Crippen LogP contribution in [0.15, 0.2) is 22.7 Å². The Balaban J connectivity index is 2.08. The lowest BCUT2D eigenvalue weighted by Gasteiger charge is -2.08. The van der Waals surface area contributed by atoms with Gasteiger partial charge in [-0.15, -0.1) is 0 Å². The molecule has 0 radical (unpaired) electrons. The average Bonchev–Trinajstić information content (AvgIpc) is 2.58. The number of benzene rings is 1. The second-order valence-corrected chi connectivity index (χ2v) is 5.81. The molecule has 3 nitrogen and oxygen atoms in total. The summed E-state index contributed by atoms with van der Waals surface area (Å²) >= 11 is 5.15. The molecule has 0 spiro atoms. The molecule has 1 heterocycles. The van der Waals surface area contributed by atoms with E-state index in [2.05, 4.69) is 51.3 Å². The fraction of sp³-hybridized carbons (Fsp3) is 0.364. The monoisotopic (exact) mass is 299 g/mol. The van der Waals surface area contributed by atoms with Crippen LogP contribution in [0.5, 0.6) is 0 Å². The van der Waals surface area contributed by atoms with Gasteiger partial charge in [0.25, 0.3) is 0 Å². The molecule has 0 unspecified atom stereocenters. The lowest BCUT2D eigenvalue weighted by Crippen LogP contribution is -2.20. The number of anilines is 1. The number of likely N-dealkylation sites (N-methyl/N-ethyl adjacent to an activating group) is 1. The lowest BCUT2D eigenvalue weighted by atomic mass is 10.3. The summed E-state index contributed by atoms with van der Waals surface area (Å²) < 4.78 is 2.29. The molecule has 0 aliphatic carbocycles. The van der Waals surface area contributed by atoms with Crippen LogP contribution in [-0.4, -0.2) is 37.1 Å². The van der Waals surface area contributed by atoms with Crippen LogP contribution in [0.1, 0.15) is 0 Å². The van der Waals surface area contributed by atoms with Crippen molar-refractivity contribution in [2.45, 2.75) is 0 Å². The highest BCUT2D eigenvalue weighted by Gasteiger charge is 2.03. The van der Waals surface area contributed by atoms with Crippen LogP contribution < -0.4 is 5.32 Å². The van der Waals surface area contributed by atoms with E-state index in [1.54, 1.807) is 11.3 Å². The van der Waals surface area contributed by atoms with Gasteiger partial charge in [-0.1, -0.05) is 27.3 Å². The first-order valence-electron chi connectivity index (χ1n) is 5.10. The fourth-order valence-electron chi connectivity index (χ4n) is 1.36. The summed E-state index contributed by atoms with van der Waals surface area (Å²) in [6, 6.07) is 6.18. The second-order valence-electron chi connectivity index (χ2n) is 3.86. The van der Waals surface area contributed by atoms with Crippen LogP contribution >= 0.6 is 27.3 Å². The minimum Gasteiger partial charge on any atom is -0.360 e. The van der Waals surface area contributed by atoms with Crippen molar-refractivity contribution >= 4 is 42.6 Å². The Morgan fingerprint density at radius 3 is 3.00 bits per heavy atom. The van der Waals surface area contributed by atoms with E-state index in [1.165, 1.54) is 4.70 Å². The first-order chi connectivity index (χ1) is 7.65. The molecule has 86 valence electrons. The summed E-state index contributed by atoms with van der Waals surface area (Å²) in [7, 11) is 4.13. The van der Waals surface area contributed by atoms with Crippen LogP contribution in [0.3, 0.4) is 0 Å². The zero-order valence-electron chi connectivity index (χ0n) is 9.33. The average molecular weight is 300 g/mol. The number of rotatable bonds is 4. The van der Waals surface area contributed by atoms with Gasteiger partial charge >= 0.3 is 0 Å². The minimum atomic E-state index is 0.925. The van der Waals surface area contributed by atoms with Gasteiger partial charge in [-0.3, -0.25) is 0 Å². The quantitative estimate of drug-likeness (QED) is 0.940. The molecule has 0 atom stereocenters. The number of thiazole rings is 1. The molecule has 0 amide bonds. The SMILES string of the molecule is CN(C)CCNc1nc2cc(Br)ccc2s1. The molecule has 16 heavy (non-hydrogen) atoms. The van der Waals surface area contributed by atoms with Crippen LogP contribution in [-0.2, 0) is 0 Å². The number of aromatic nitrogens is 1. The normalized spacial score (nSPS) is 11.2. The molecular formula is C11H14BrN3S. The Kier molecular flexibility index (Phi) is 3.78. The zero-order chi connectivity index (χ0) is 11.5. The van der Waals surface area contributed by atoms with Crippen molar-refractivity contribution in [3.05, 3.63) is 22.7 Å². The second kappa shape index (κ2) is 5.12. The van der Waals surface area contributed by atoms with Gasteiger partial charge in [0, 0.05) is 17.6 Å². The Bertz CT molecular complexity index is 481. The predicted molar refractivity (Wildman–Crippen MR) is 74.4 cm³/mol. The first-order valence-corrected chi connectivity index (χ1v) is 6.71.